The van der Waals surface area contributed by atoms with Gasteiger partial charge in [-0.15, -0.1) is 0 Å². The molecule has 1 rings (SSSR count). The Kier molecular flexibility index (Phi) is 6.29. The Bertz CT molecular complexity index is 404. The van der Waals surface area contributed by atoms with Crippen molar-refractivity contribution < 1.29 is 4.79 Å². The minimum Gasteiger partial charge on any atom is -0.385 e. The van der Waals surface area contributed by atoms with Gasteiger partial charge in [0.25, 0.3) is 5.91 Å². The van der Waals surface area contributed by atoms with Crippen molar-refractivity contribution in [2.75, 3.05) is 46.6 Å². The predicted molar refractivity (Wildman–Crippen MR) is 78.5 cm³/mol. The Morgan fingerprint density at radius 1 is 1.26 bits per heavy atom. The normalized spacial score (nSPS) is 10.6. The summed E-state index contributed by atoms with van der Waals surface area (Å²) in [6.45, 7) is 2.01. The van der Waals surface area contributed by atoms with Gasteiger partial charge >= 0.3 is 0 Å². The van der Waals surface area contributed by atoms with Crippen molar-refractivity contribution in [1.29, 1.82) is 0 Å². The van der Waals surface area contributed by atoms with Gasteiger partial charge in [-0.05, 0) is 45.6 Å². The second-order valence-electron chi connectivity index (χ2n) is 5.07. The average Bonchev–Trinajstić information content (AvgIpc) is 2.37. The fourth-order valence-corrected chi connectivity index (χ4v) is 1.67. The molecule has 0 aliphatic rings. The summed E-state index contributed by atoms with van der Waals surface area (Å²) in [6.07, 6.45) is 3.94. The van der Waals surface area contributed by atoms with Gasteiger partial charge in [-0.25, -0.2) is 0 Å². The van der Waals surface area contributed by atoms with Crippen LogP contribution in [0.3, 0.4) is 0 Å². The number of hydrogen-bond acceptors (Lipinski definition) is 4. The lowest BCUT2D eigenvalue weighted by atomic mass is 10.2. The van der Waals surface area contributed by atoms with Gasteiger partial charge in [0.2, 0.25) is 0 Å². The monoisotopic (exact) mass is 264 g/mol. The zero-order valence-corrected chi connectivity index (χ0v) is 12.3. The van der Waals surface area contributed by atoms with Crippen LogP contribution in [0.25, 0.3) is 0 Å². The molecule has 1 aromatic heterocycles. The van der Waals surface area contributed by atoms with E-state index in [1.54, 1.807) is 26.4 Å². The first kappa shape index (κ1) is 15.4. The summed E-state index contributed by atoms with van der Waals surface area (Å²) in [4.78, 5) is 19.6. The molecule has 0 saturated heterocycles. The summed E-state index contributed by atoms with van der Waals surface area (Å²) >= 11 is 0. The van der Waals surface area contributed by atoms with Gasteiger partial charge in [0.1, 0.15) is 5.69 Å². The standard InChI is InChI=1S/C14H24N4O/c1-17(2)10-6-5-8-15-12-7-9-16-13(11-12)14(19)18(3)4/h7,9,11H,5-6,8,10H2,1-4H3,(H,15,16). The second-order valence-corrected chi connectivity index (χ2v) is 5.07. The molecular formula is C14H24N4O. The number of unbranched alkanes of at least 4 members (excludes halogenated alkanes) is 1. The quantitative estimate of drug-likeness (QED) is 0.759. The highest BCUT2D eigenvalue weighted by Crippen LogP contribution is 2.09. The van der Waals surface area contributed by atoms with Crippen LogP contribution >= 0.6 is 0 Å². The number of aromatic nitrogens is 1. The summed E-state index contributed by atoms with van der Waals surface area (Å²) in [6, 6.07) is 3.69. The smallest absolute Gasteiger partial charge is 0.272 e. The molecule has 19 heavy (non-hydrogen) atoms. The third kappa shape index (κ3) is 5.70. The zero-order chi connectivity index (χ0) is 14.3. The number of amides is 1. The van der Waals surface area contributed by atoms with Crippen molar-refractivity contribution in [2.24, 2.45) is 0 Å². The van der Waals surface area contributed by atoms with Crippen LogP contribution in [-0.2, 0) is 0 Å². The highest BCUT2D eigenvalue weighted by Gasteiger charge is 2.09. The molecule has 0 atom stereocenters. The van der Waals surface area contributed by atoms with Crippen LogP contribution < -0.4 is 5.32 Å². The van der Waals surface area contributed by atoms with Crippen molar-refractivity contribution in [3.05, 3.63) is 24.0 Å². The number of nitrogens with zero attached hydrogens (tertiary/aromatic N) is 3. The van der Waals surface area contributed by atoms with E-state index in [1.165, 1.54) is 4.90 Å². The molecule has 0 radical (unpaired) electrons. The first-order valence-corrected chi connectivity index (χ1v) is 6.57. The molecule has 1 amide bonds. The van der Waals surface area contributed by atoms with E-state index in [0.717, 1.165) is 31.6 Å². The maximum Gasteiger partial charge on any atom is 0.272 e. The lowest BCUT2D eigenvalue weighted by Crippen LogP contribution is -2.22. The summed E-state index contributed by atoms with van der Waals surface area (Å²) in [7, 11) is 7.61. The molecule has 1 heterocycles. The van der Waals surface area contributed by atoms with Crippen LogP contribution in [-0.4, -0.2) is 62.0 Å². The van der Waals surface area contributed by atoms with Crippen molar-refractivity contribution in [2.45, 2.75) is 12.8 Å². The van der Waals surface area contributed by atoms with Crippen LogP contribution in [0.1, 0.15) is 23.3 Å². The van der Waals surface area contributed by atoms with Gasteiger partial charge in [0.05, 0.1) is 0 Å². The molecule has 0 spiro atoms. The third-order valence-electron chi connectivity index (χ3n) is 2.75. The molecule has 1 N–H and O–H groups in total. The predicted octanol–water partition coefficient (Wildman–Crippen LogP) is 1.54. The van der Waals surface area contributed by atoms with E-state index in [0.29, 0.717) is 5.69 Å². The lowest BCUT2D eigenvalue weighted by molar-refractivity contribution is 0.0822. The first-order valence-electron chi connectivity index (χ1n) is 6.57. The van der Waals surface area contributed by atoms with E-state index in [2.05, 4.69) is 29.3 Å². The van der Waals surface area contributed by atoms with Crippen LogP contribution in [0, 0.1) is 0 Å². The molecule has 0 bridgehead atoms. The van der Waals surface area contributed by atoms with Gasteiger partial charge in [-0.3, -0.25) is 9.78 Å². The topological polar surface area (TPSA) is 48.5 Å². The van der Waals surface area contributed by atoms with Crippen LogP contribution in [0.15, 0.2) is 18.3 Å². The number of carbonyl (C=O) groups excluding carboxylic acids is 1. The molecular weight excluding hydrogens is 240 g/mol. The Morgan fingerprint density at radius 3 is 2.63 bits per heavy atom. The largest absolute Gasteiger partial charge is 0.385 e. The Hall–Kier alpha value is -1.62. The third-order valence-corrected chi connectivity index (χ3v) is 2.75. The van der Waals surface area contributed by atoms with Gasteiger partial charge in [0, 0.05) is 32.5 Å². The van der Waals surface area contributed by atoms with Crippen molar-refractivity contribution in [3.63, 3.8) is 0 Å². The van der Waals surface area contributed by atoms with Gasteiger partial charge in [-0.1, -0.05) is 0 Å². The molecule has 0 aliphatic heterocycles. The Labute approximate surface area is 115 Å². The average molecular weight is 264 g/mol. The minimum absolute atomic E-state index is 0.0729. The molecule has 0 aliphatic carbocycles. The number of rotatable bonds is 7. The molecule has 106 valence electrons. The van der Waals surface area contributed by atoms with Crippen LogP contribution in [0.2, 0.25) is 0 Å². The number of anilines is 1. The summed E-state index contributed by atoms with van der Waals surface area (Å²) < 4.78 is 0. The molecule has 1 aromatic rings. The van der Waals surface area contributed by atoms with Crippen molar-refractivity contribution in [3.8, 4) is 0 Å². The van der Waals surface area contributed by atoms with E-state index in [1.807, 2.05) is 6.07 Å². The van der Waals surface area contributed by atoms with Crippen molar-refractivity contribution >= 4 is 11.6 Å². The Balaban J connectivity index is 2.42. The summed E-state index contributed by atoms with van der Waals surface area (Å²) in [5, 5.41) is 3.32. The van der Waals surface area contributed by atoms with E-state index < -0.39 is 0 Å². The maximum atomic E-state index is 11.8. The van der Waals surface area contributed by atoms with E-state index >= 15 is 0 Å². The van der Waals surface area contributed by atoms with E-state index in [-0.39, 0.29) is 5.91 Å². The fourth-order valence-electron chi connectivity index (χ4n) is 1.67. The summed E-state index contributed by atoms with van der Waals surface area (Å²) in [5.41, 5.74) is 1.42. The van der Waals surface area contributed by atoms with E-state index in [4.69, 9.17) is 0 Å². The number of carbonyl (C=O) groups is 1. The van der Waals surface area contributed by atoms with Crippen molar-refractivity contribution in [1.82, 2.24) is 14.8 Å². The Morgan fingerprint density at radius 2 is 2.00 bits per heavy atom. The SMILES string of the molecule is CN(C)CCCCNc1ccnc(C(=O)N(C)C)c1. The van der Waals surface area contributed by atoms with Gasteiger partial charge in [-0.2, -0.15) is 0 Å². The van der Waals surface area contributed by atoms with Gasteiger partial charge in [0.15, 0.2) is 0 Å². The molecule has 0 aromatic carbocycles. The number of hydrogen-bond donors (Lipinski definition) is 1. The molecule has 0 unspecified atom stereocenters. The summed E-state index contributed by atoms with van der Waals surface area (Å²) in [5.74, 6) is -0.0729. The zero-order valence-electron chi connectivity index (χ0n) is 12.3. The number of pyridine rings is 1. The first-order chi connectivity index (χ1) is 9.00. The van der Waals surface area contributed by atoms with Crippen LogP contribution in [0.4, 0.5) is 5.69 Å². The highest BCUT2D eigenvalue weighted by atomic mass is 16.2. The fraction of sp³-hybridized carbons (Fsp3) is 0.571. The lowest BCUT2D eigenvalue weighted by Gasteiger charge is -2.12. The minimum atomic E-state index is -0.0729. The highest BCUT2D eigenvalue weighted by molar-refractivity contribution is 5.92. The molecule has 0 fully saturated rings. The maximum absolute atomic E-state index is 11.8. The van der Waals surface area contributed by atoms with Gasteiger partial charge < -0.3 is 15.1 Å². The number of nitrogens with one attached hydrogen (secondary N) is 1. The van der Waals surface area contributed by atoms with E-state index in [9.17, 15) is 4.79 Å². The molecule has 5 heteroatoms. The molecule has 5 nitrogen and oxygen atoms in total. The molecule has 0 saturated carbocycles. The second kappa shape index (κ2) is 7.74. The van der Waals surface area contributed by atoms with Crippen LogP contribution in [0.5, 0.6) is 0 Å².